The monoisotopic (exact) mass is 298 g/mol. The van der Waals surface area contributed by atoms with Crippen LogP contribution in [0.25, 0.3) is 0 Å². The molecule has 1 unspecified atom stereocenters. The Labute approximate surface area is 122 Å². The lowest BCUT2D eigenvalue weighted by Crippen LogP contribution is -2.30. The first-order valence-corrected chi connectivity index (χ1v) is 8.83. The molecule has 1 rings (SSSR count). The third-order valence-electron chi connectivity index (χ3n) is 3.10. The maximum atomic E-state index is 11.9. The quantitative estimate of drug-likeness (QED) is 0.774. The molecule has 0 heterocycles. The van der Waals surface area contributed by atoms with E-state index in [1.54, 1.807) is 12.1 Å². The summed E-state index contributed by atoms with van der Waals surface area (Å²) in [7, 11) is -3.13. The second-order valence-electron chi connectivity index (χ2n) is 5.55. The molecule has 0 saturated carbocycles. The molecule has 1 aromatic carbocycles. The molecule has 1 aromatic rings. The van der Waals surface area contributed by atoms with Crippen molar-refractivity contribution >= 4 is 15.5 Å². The highest BCUT2D eigenvalue weighted by atomic mass is 32.2. The van der Waals surface area contributed by atoms with E-state index in [2.05, 4.69) is 19.2 Å². The lowest BCUT2D eigenvalue weighted by atomic mass is 10.0. The number of hydrogen-bond acceptors (Lipinski definition) is 4. The Bertz CT molecular complexity index is 495. The molecule has 114 valence electrons. The van der Waals surface area contributed by atoms with Crippen molar-refractivity contribution in [2.24, 2.45) is 11.7 Å². The molecule has 5 heteroatoms. The summed E-state index contributed by atoms with van der Waals surface area (Å²) in [5, 5.41) is 3.35. The maximum Gasteiger partial charge on any atom is 0.178 e. The van der Waals surface area contributed by atoms with Gasteiger partial charge in [0.05, 0.1) is 10.6 Å². The fourth-order valence-corrected chi connectivity index (χ4v) is 3.49. The van der Waals surface area contributed by atoms with Gasteiger partial charge in [-0.15, -0.1) is 0 Å². The number of nitrogens with two attached hydrogens (primary N) is 1. The fourth-order valence-electron chi connectivity index (χ4n) is 2.16. The molecule has 0 spiro atoms. The van der Waals surface area contributed by atoms with Gasteiger partial charge in [-0.25, -0.2) is 8.42 Å². The van der Waals surface area contributed by atoms with Crippen LogP contribution in [0.4, 0.5) is 5.69 Å². The Morgan fingerprint density at radius 1 is 1.20 bits per heavy atom. The molecule has 0 aromatic heterocycles. The number of nitrogens with one attached hydrogen (secondary N) is 1. The van der Waals surface area contributed by atoms with E-state index in [1.807, 2.05) is 19.1 Å². The highest BCUT2D eigenvalue weighted by molar-refractivity contribution is 7.91. The van der Waals surface area contributed by atoms with Gasteiger partial charge < -0.3 is 11.1 Å². The minimum absolute atomic E-state index is 0.193. The molecular weight excluding hydrogens is 272 g/mol. The van der Waals surface area contributed by atoms with E-state index in [9.17, 15) is 8.42 Å². The molecule has 0 radical (unpaired) electrons. The molecule has 0 fully saturated rings. The molecule has 20 heavy (non-hydrogen) atoms. The molecule has 0 aliphatic carbocycles. The van der Waals surface area contributed by atoms with Crippen LogP contribution >= 0.6 is 0 Å². The first-order chi connectivity index (χ1) is 9.39. The molecule has 3 N–H and O–H groups in total. The summed E-state index contributed by atoms with van der Waals surface area (Å²) in [6.07, 6.45) is 1.62. The molecular formula is C15H26N2O2S. The van der Waals surface area contributed by atoms with Crippen LogP contribution in [-0.2, 0) is 9.84 Å². The fraction of sp³-hybridized carbons (Fsp3) is 0.600. The van der Waals surface area contributed by atoms with Crippen molar-refractivity contribution < 1.29 is 8.42 Å². The summed E-state index contributed by atoms with van der Waals surface area (Å²) < 4.78 is 23.9. The van der Waals surface area contributed by atoms with E-state index >= 15 is 0 Å². The largest absolute Gasteiger partial charge is 0.381 e. The summed E-state index contributed by atoms with van der Waals surface area (Å²) in [6, 6.07) is 7.16. The summed E-state index contributed by atoms with van der Waals surface area (Å²) in [4.78, 5) is 0.387. The zero-order valence-electron chi connectivity index (χ0n) is 12.6. The second-order valence-corrected chi connectivity index (χ2v) is 7.66. The molecule has 0 aliphatic rings. The highest BCUT2D eigenvalue weighted by Crippen LogP contribution is 2.18. The smallest absolute Gasteiger partial charge is 0.178 e. The topological polar surface area (TPSA) is 72.2 Å². The second kappa shape index (κ2) is 7.64. The Kier molecular flexibility index (Phi) is 6.49. The predicted octanol–water partition coefficient (Wildman–Crippen LogP) is 2.66. The van der Waals surface area contributed by atoms with Gasteiger partial charge in [0.1, 0.15) is 0 Å². The molecule has 1 atom stereocenters. The van der Waals surface area contributed by atoms with Gasteiger partial charge in [0.15, 0.2) is 9.84 Å². The van der Waals surface area contributed by atoms with Crippen LogP contribution in [0.15, 0.2) is 29.2 Å². The van der Waals surface area contributed by atoms with E-state index in [0.29, 0.717) is 23.8 Å². The Morgan fingerprint density at radius 2 is 1.80 bits per heavy atom. The maximum absolute atomic E-state index is 11.9. The van der Waals surface area contributed by atoms with Crippen LogP contribution in [0.5, 0.6) is 0 Å². The van der Waals surface area contributed by atoms with Crippen LogP contribution < -0.4 is 11.1 Å². The van der Waals surface area contributed by atoms with Crippen molar-refractivity contribution in [1.82, 2.24) is 0 Å². The average molecular weight is 298 g/mol. The van der Waals surface area contributed by atoms with E-state index in [4.69, 9.17) is 5.73 Å². The number of hydrogen-bond donors (Lipinski definition) is 2. The van der Waals surface area contributed by atoms with Crippen molar-refractivity contribution in [3.8, 4) is 0 Å². The van der Waals surface area contributed by atoms with Gasteiger partial charge in [-0.2, -0.15) is 0 Å². The van der Waals surface area contributed by atoms with Gasteiger partial charge in [0, 0.05) is 18.3 Å². The lowest BCUT2D eigenvalue weighted by Gasteiger charge is -2.20. The molecule has 0 saturated heterocycles. The van der Waals surface area contributed by atoms with Crippen molar-refractivity contribution in [2.75, 3.05) is 17.6 Å². The number of anilines is 1. The van der Waals surface area contributed by atoms with E-state index in [-0.39, 0.29) is 11.8 Å². The van der Waals surface area contributed by atoms with Crippen LogP contribution in [0.1, 0.15) is 33.6 Å². The van der Waals surface area contributed by atoms with E-state index < -0.39 is 9.84 Å². The zero-order valence-corrected chi connectivity index (χ0v) is 13.4. The summed E-state index contributed by atoms with van der Waals surface area (Å²) in [5.74, 6) is 0.763. The van der Waals surface area contributed by atoms with Gasteiger partial charge in [-0.1, -0.05) is 20.8 Å². The SMILES string of the molecule is CCCS(=O)(=O)c1ccc(NC(CN)CC(C)C)cc1. The Balaban J connectivity index is 2.76. The van der Waals surface area contributed by atoms with Crippen LogP contribution in [-0.4, -0.2) is 26.8 Å². The predicted molar refractivity (Wildman–Crippen MR) is 84.7 cm³/mol. The van der Waals surface area contributed by atoms with Crippen molar-refractivity contribution in [2.45, 2.75) is 44.6 Å². The van der Waals surface area contributed by atoms with Gasteiger partial charge >= 0.3 is 0 Å². The standard InChI is InChI=1S/C15H26N2O2S/c1-4-9-20(18,19)15-7-5-13(6-8-15)17-14(11-16)10-12(2)3/h5-8,12,14,17H,4,9-11,16H2,1-3H3. The van der Waals surface area contributed by atoms with Crippen LogP contribution in [0, 0.1) is 5.92 Å². The number of sulfone groups is 1. The highest BCUT2D eigenvalue weighted by Gasteiger charge is 2.13. The van der Waals surface area contributed by atoms with Gasteiger partial charge in [-0.3, -0.25) is 0 Å². The van der Waals surface area contributed by atoms with Crippen molar-refractivity contribution in [3.05, 3.63) is 24.3 Å². The minimum atomic E-state index is -3.13. The third-order valence-corrected chi connectivity index (χ3v) is 5.03. The summed E-state index contributed by atoms with van der Waals surface area (Å²) in [5.41, 5.74) is 6.66. The molecule has 0 aliphatic heterocycles. The molecule has 0 bridgehead atoms. The van der Waals surface area contributed by atoms with Crippen molar-refractivity contribution in [1.29, 1.82) is 0 Å². The lowest BCUT2D eigenvalue weighted by molar-refractivity contribution is 0.522. The van der Waals surface area contributed by atoms with E-state index in [0.717, 1.165) is 12.1 Å². The first kappa shape index (κ1) is 17.0. The number of benzene rings is 1. The summed E-state index contributed by atoms with van der Waals surface area (Å²) >= 11 is 0. The summed E-state index contributed by atoms with van der Waals surface area (Å²) in [6.45, 7) is 6.74. The molecule has 0 amide bonds. The Morgan fingerprint density at radius 3 is 2.25 bits per heavy atom. The van der Waals surface area contributed by atoms with Gasteiger partial charge in [0.2, 0.25) is 0 Å². The minimum Gasteiger partial charge on any atom is -0.381 e. The van der Waals surface area contributed by atoms with Gasteiger partial charge in [0.25, 0.3) is 0 Å². The Hall–Kier alpha value is -1.07. The van der Waals surface area contributed by atoms with Crippen LogP contribution in [0.3, 0.4) is 0 Å². The average Bonchev–Trinajstić information content (AvgIpc) is 2.38. The molecule has 4 nitrogen and oxygen atoms in total. The normalized spacial score (nSPS) is 13.4. The van der Waals surface area contributed by atoms with Crippen LogP contribution in [0.2, 0.25) is 0 Å². The van der Waals surface area contributed by atoms with E-state index in [1.165, 1.54) is 0 Å². The third kappa shape index (κ3) is 5.13. The van der Waals surface area contributed by atoms with Crippen molar-refractivity contribution in [3.63, 3.8) is 0 Å². The van der Waals surface area contributed by atoms with Gasteiger partial charge in [-0.05, 0) is 43.0 Å². The number of rotatable bonds is 8. The zero-order chi connectivity index (χ0) is 15.2. The first-order valence-electron chi connectivity index (χ1n) is 7.18.